The number of carbonyl (C=O) groups is 1. The number of anilines is 2. The molecule has 0 unspecified atom stereocenters. The number of ether oxygens (including phenoxy) is 2. The van der Waals surface area contributed by atoms with Crippen LogP contribution in [0, 0.1) is 0 Å². The van der Waals surface area contributed by atoms with Crippen molar-refractivity contribution in [3.8, 4) is 22.8 Å². The van der Waals surface area contributed by atoms with Gasteiger partial charge in [-0.25, -0.2) is 9.78 Å². The second-order valence-corrected chi connectivity index (χ2v) is 6.07. The molecule has 0 bridgehead atoms. The minimum absolute atomic E-state index is 0.108. The van der Waals surface area contributed by atoms with Gasteiger partial charge in [-0.2, -0.15) is 4.98 Å². The molecule has 9 heteroatoms. The van der Waals surface area contributed by atoms with Crippen molar-refractivity contribution in [1.82, 2.24) is 9.97 Å². The van der Waals surface area contributed by atoms with Crippen molar-refractivity contribution < 1.29 is 23.8 Å². The number of aliphatic carboxylic acids is 1. The molecule has 0 saturated carbocycles. The van der Waals surface area contributed by atoms with E-state index in [1.807, 2.05) is 12.1 Å². The Morgan fingerprint density at radius 3 is 2.69 bits per heavy atom. The van der Waals surface area contributed by atoms with Crippen LogP contribution in [0.2, 0.25) is 0 Å². The molecule has 150 valence electrons. The Balaban J connectivity index is 2.04. The van der Waals surface area contributed by atoms with Gasteiger partial charge in [-0.3, -0.25) is 0 Å². The molecule has 9 nitrogen and oxygen atoms in total. The summed E-state index contributed by atoms with van der Waals surface area (Å²) in [6.45, 7) is 0. The lowest BCUT2D eigenvalue weighted by atomic mass is 10.0. The number of carboxylic acids is 1. The normalized spacial score (nSPS) is 11.0. The molecule has 0 atom stereocenters. The summed E-state index contributed by atoms with van der Waals surface area (Å²) in [5.74, 6) is 1.23. The van der Waals surface area contributed by atoms with Crippen LogP contribution in [0.3, 0.4) is 0 Å². The van der Waals surface area contributed by atoms with Gasteiger partial charge in [-0.1, -0.05) is 0 Å². The van der Waals surface area contributed by atoms with Gasteiger partial charge >= 0.3 is 5.97 Å². The van der Waals surface area contributed by atoms with Crippen LogP contribution in [0.4, 0.5) is 11.8 Å². The minimum atomic E-state index is -1.06. The molecule has 0 aliphatic heterocycles. The Kier molecular flexibility index (Phi) is 5.68. The van der Waals surface area contributed by atoms with Crippen molar-refractivity contribution in [3.63, 3.8) is 0 Å². The van der Waals surface area contributed by atoms with Gasteiger partial charge in [-0.15, -0.1) is 0 Å². The van der Waals surface area contributed by atoms with Crippen LogP contribution >= 0.6 is 0 Å². The number of nitrogens with zero attached hydrogens (tertiary/aromatic N) is 2. The van der Waals surface area contributed by atoms with Crippen LogP contribution in [-0.4, -0.2) is 35.3 Å². The van der Waals surface area contributed by atoms with Gasteiger partial charge in [0, 0.05) is 24.3 Å². The summed E-state index contributed by atoms with van der Waals surface area (Å²) < 4.78 is 16.7. The second kappa shape index (κ2) is 8.34. The predicted molar refractivity (Wildman–Crippen MR) is 108 cm³/mol. The topological polar surface area (TPSA) is 147 Å². The fraction of sp³-hybridized carbons (Fsp3) is 0.150. The van der Waals surface area contributed by atoms with E-state index in [1.165, 1.54) is 20.3 Å². The average Bonchev–Trinajstić information content (AvgIpc) is 3.16. The van der Waals surface area contributed by atoms with Gasteiger partial charge in [-0.05, 0) is 35.9 Å². The van der Waals surface area contributed by atoms with E-state index in [9.17, 15) is 4.79 Å². The third-order valence-corrected chi connectivity index (χ3v) is 4.13. The highest BCUT2D eigenvalue weighted by molar-refractivity contribution is 5.85. The summed E-state index contributed by atoms with van der Waals surface area (Å²) in [4.78, 5) is 18.7. The molecule has 29 heavy (non-hydrogen) atoms. The highest BCUT2D eigenvalue weighted by Crippen LogP contribution is 2.40. The molecular formula is C20H20N4O5. The van der Waals surface area contributed by atoms with Crippen molar-refractivity contribution in [3.05, 3.63) is 53.4 Å². The number of hydrogen-bond acceptors (Lipinski definition) is 8. The van der Waals surface area contributed by atoms with Crippen LogP contribution < -0.4 is 20.9 Å². The molecule has 3 rings (SSSR count). The first-order valence-corrected chi connectivity index (χ1v) is 8.54. The number of nitrogens with two attached hydrogens (primary N) is 2. The number of methoxy groups -OCH3 is 2. The van der Waals surface area contributed by atoms with E-state index >= 15 is 0 Å². The molecule has 2 aromatic heterocycles. The van der Waals surface area contributed by atoms with Crippen LogP contribution in [0.25, 0.3) is 17.4 Å². The summed E-state index contributed by atoms with van der Waals surface area (Å²) in [6, 6.07) is 7.09. The first-order chi connectivity index (χ1) is 13.9. The second-order valence-electron chi connectivity index (χ2n) is 6.07. The Hall–Kier alpha value is -4.01. The maximum atomic E-state index is 10.7. The lowest BCUT2D eigenvalue weighted by Crippen LogP contribution is -2.04. The summed E-state index contributed by atoms with van der Waals surface area (Å²) in [5, 5.41) is 8.77. The lowest BCUT2D eigenvalue weighted by molar-refractivity contribution is -0.131. The Labute approximate surface area is 166 Å². The highest BCUT2D eigenvalue weighted by Gasteiger charge is 2.18. The van der Waals surface area contributed by atoms with Crippen LogP contribution in [0.5, 0.6) is 11.5 Å². The maximum Gasteiger partial charge on any atom is 0.328 e. The Morgan fingerprint density at radius 1 is 1.24 bits per heavy atom. The van der Waals surface area contributed by atoms with Gasteiger partial charge in [0.05, 0.1) is 19.8 Å². The van der Waals surface area contributed by atoms with E-state index in [0.717, 1.165) is 11.6 Å². The number of rotatable bonds is 7. The lowest BCUT2D eigenvalue weighted by Gasteiger charge is -2.14. The quantitative estimate of drug-likeness (QED) is 0.513. The van der Waals surface area contributed by atoms with Crippen LogP contribution in [0.1, 0.15) is 16.9 Å². The van der Waals surface area contributed by atoms with Gasteiger partial charge in [0.25, 0.3) is 0 Å². The molecule has 5 N–H and O–H groups in total. The monoisotopic (exact) mass is 396 g/mol. The molecule has 0 fully saturated rings. The van der Waals surface area contributed by atoms with Crippen LogP contribution in [-0.2, 0) is 11.2 Å². The summed E-state index contributed by atoms with van der Waals surface area (Å²) in [6.07, 6.45) is 4.38. The fourth-order valence-electron chi connectivity index (χ4n) is 2.84. The number of hydrogen-bond donors (Lipinski definition) is 3. The fourth-order valence-corrected chi connectivity index (χ4v) is 2.84. The molecule has 0 amide bonds. The maximum absolute atomic E-state index is 10.7. The third-order valence-electron chi connectivity index (χ3n) is 4.13. The van der Waals surface area contributed by atoms with Gasteiger partial charge < -0.3 is 30.5 Å². The summed E-state index contributed by atoms with van der Waals surface area (Å²) in [5.41, 5.74) is 13.7. The number of nitrogen functional groups attached to an aromatic ring is 2. The van der Waals surface area contributed by atoms with Gasteiger partial charge in [0.2, 0.25) is 5.95 Å². The zero-order valence-corrected chi connectivity index (χ0v) is 15.9. The molecule has 0 saturated heterocycles. The number of furan rings is 1. The molecule has 3 aromatic rings. The van der Waals surface area contributed by atoms with E-state index in [0.29, 0.717) is 46.4 Å². The zero-order valence-electron chi connectivity index (χ0n) is 15.9. The molecule has 2 heterocycles. The zero-order chi connectivity index (χ0) is 21.0. The third kappa shape index (κ3) is 4.46. The molecule has 0 aliphatic rings. The molecular weight excluding hydrogens is 376 g/mol. The SMILES string of the molecule is COc1cc(Cc2cnc(N)nc2N)cc(-c2ccc(C=CC(=O)O)o2)c1OC. The highest BCUT2D eigenvalue weighted by atomic mass is 16.5. The summed E-state index contributed by atoms with van der Waals surface area (Å²) >= 11 is 0. The van der Waals surface area contributed by atoms with Crippen molar-refractivity contribution in [2.75, 3.05) is 25.7 Å². The number of carboxylic acid groups (broad SMARTS) is 1. The van der Waals surface area contributed by atoms with Gasteiger partial charge in [0.15, 0.2) is 11.5 Å². The van der Waals surface area contributed by atoms with E-state index in [1.54, 1.807) is 18.3 Å². The van der Waals surface area contributed by atoms with Crippen molar-refractivity contribution in [2.45, 2.75) is 6.42 Å². The predicted octanol–water partition coefficient (Wildman–Crippen LogP) is 2.61. The van der Waals surface area contributed by atoms with E-state index in [-0.39, 0.29) is 5.95 Å². The standard InChI is InChI=1S/C20H20N4O5/c1-27-16-9-11(7-12-10-23-20(22)24-19(12)21)8-14(18(16)28-2)15-5-3-13(29-15)4-6-17(25)26/h3-6,8-10H,7H2,1-2H3,(H,25,26)(H4,21,22,23,24). The largest absolute Gasteiger partial charge is 0.493 e. The summed E-state index contributed by atoms with van der Waals surface area (Å²) in [7, 11) is 3.07. The van der Waals surface area contributed by atoms with E-state index < -0.39 is 5.97 Å². The first kappa shape index (κ1) is 19.7. The average molecular weight is 396 g/mol. The Bertz CT molecular complexity index is 1070. The molecule has 1 aromatic carbocycles. The number of aromatic nitrogens is 2. The Morgan fingerprint density at radius 2 is 2.03 bits per heavy atom. The van der Waals surface area contributed by atoms with Crippen molar-refractivity contribution in [2.24, 2.45) is 0 Å². The minimum Gasteiger partial charge on any atom is -0.493 e. The van der Waals surface area contributed by atoms with Gasteiger partial charge in [0.1, 0.15) is 17.3 Å². The molecule has 0 aliphatic carbocycles. The smallest absolute Gasteiger partial charge is 0.328 e. The van der Waals surface area contributed by atoms with E-state index in [2.05, 4.69) is 9.97 Å². The van der Waals surface area contributed by atoms with E-state index in [4.69, 9.17) is 30.5 Å². The van der Waals surface area contributed by atoms with Crippen molar-refractivity contribution in [1.29, 1.82) is 0 Å². The molecule has 0 radical (unpaired) electrons. The molecule has 0 spiro atoms. The number of benzene rings is 1. The van der Waals surface area contributed by atoms with Crippen LogP contribution in [0.15, 0.2) is 41.0 Å². The van der Waals surface area contributed by atoms with Crippen molar-refractivity contribution >= 4 is 23.8 Å². The first-order valence-electron chi connectivity index (χ1n) is 8.54.